The van der Waals surface area contributed by atoms with E-state index in [0.29, 0.717) is 54.5 Å². The average Bonchev–Trinajstić information content (AvgIpc) is 3.15. The zero-order valence-corrected chi connectivity index (χ0v) is 20.6. The Balaban J connectivity index is 1.76. The quantitative estimate of drug-likeness (QED) is 0.325. The van der Waals surface area contributed by atoms with Gasteiger partial charge in [0, 0.05) is 12.6 Å². The number of nitrogens with zero attached hydrogens (tertiary/aromatic N) is 3. The Labute approximate surface area is 204 Å². The predicted molar refractivity (Wildman–Crippen MR) is 127 cm³/mol. The normalized spacial score (nSPS) is 10.7. The first-order chi connectivity index (χ1) is 15.3. The third kappa shape index (κ3) is 5.17. The summed E-state index contributed by atoms with van der Waals surface area (Å²) in [7, 11) is 6.41. The predicted octanol–water partition coefficient (Wildman–Crippen LogP) is 5.20. The van der Waals surface area contributed by atoms with Crippen molar-refractivity contribution in [3.05, 3.63) is 39.3 Å². The first kappa shape index (κ1) is 24.3. The number of carbonyl (C=O) groups is 1. The van der Waals surface area contributed by atoms with Gasteiger partial charge in [0.15, 0.2) is 22.5 Å². The number of carbonyl (C=O) groups excluding carboxylic acids is 1. The van der Waals surface area contributed by atoms with Crippen LogP contribution in [0.3, 0.4) is 0 Å². The number of halogens is 3. The highest BCUT2D eigenvalue weighted by molar-refractivity contribution is 7.99. The van der Waals surface area contributed by atoms with Crippen LogP contribution < -0.4 is 19.5 Å². The molecule has 170 valence electrons. The lowest BCUT2D eigenvalue weighted by Crippen LogP contribution is -2.14. The molecular weight excluding hydrogens is 499 g/mol. The Bertz CT molecular complexity index is 1130. The van der Waals surface area contributed by atoms with E-state index in [1.54, 1.807) is 23.7 Å². The molecule has 1 heterocycles. The summed E-state index contributed by atoms with van der Waals surface area (Å²) in [6, 6.07) is 6.53. The van der Waals surface area contributed by atoms with Crippen LogP contribution in [0, 0.1) is 0 Å². The van der Waals surface area contributed by atoms with Gasteiger partial charge in [0.1, 0.15) is 0 Å². The van der Waals surface area contributed by atoms with Gasteiger partial charge in [-0.05, 0) is 24.3 Å². The number of nitrogens with one attached hydrogen (secondary N) is 1. The van der Waals surface area contributed by atoms with E-state index >= 15 is 0 Å². The molecule has 2 aromatic carbocycles. The summed E-state index contributed by atoms with van der Waals surface area (Å²) < 4.78 is 17.9. The fourth-order valence-electron chi connectivity index (χ4n) is 2.84. The molecule has 1 aromatic heterocycles. The number of benzene rings is 2. The van der Waals surface area contributed by atoms with Crippen molar-refractivity contribution >= 4 is 58.2 Å². The minimum Gasteiger partial charge on any atom is -0.493 e. The van der Waals surface area contributed by atoms with Gasteiger partial charge in [-0.2, -0.15) is 0 Å². The van der Waals surface area contributed by atoms with E-state index in [2.05, 4.69) is 15.5 Å². The van der Waals surface area contributed by atoms with Crippen molar-refractivity contribution in [2.75, 3.05) is 32.4 Å². The Morgan fingerprint density at radius 1 is 0.969 bits per heavy atom. The summed E-state index contributed by atoms with van der Waals surface area (Å²) in [6.07, 6.45) is 0. The van der Waals surface area contributed by atoms with Crippen LogP contribution in [0.15, 0.2) is 29.4 Å². The van der Waals surface area contributed by atoms with Crippen molar-refractivity contribution in [1.29, 1.82) is 0 Å². The molecule has 0 bridgehead atoms. The molecule has 0 spiro atoms. The summed E-state index contributed by atoms with van der Waals surface area (Å²) in [5, 5.41) is 12.6. The zero-order valence-electron chi connectivity index (χ0n) is 17.5. The molecule has 0 aliphatic rings. The van der Waals surface area contributed by atoms with E-state index in [-0.39, 0.29) is 11.7 Å². The molecule has 0 fully saturated rings. The van der Waals surface area contributed by atoms with Gasteiger partial charge in [0.2, 0.25) is 11.7 Å². The van der Waals surface area contributed by atoms with E-state index < -0.39 is 0 Å². The van der Waals surface area contributed by atoms with Crippen molar-refractivity contribution in [2.24, 2.45) is 7.05 Å². The smallest absolute Gasteiger partial charge is 0.234 e. The Hall–Kier alpha value is -2.33. The molecule has 8 nitrogen and oxygen atoms in total. The molecule has 32 heavy (non-hydrogen) atoms. The van der Waals surface area contributed by atoms with Crippen molar-refractivity contribution in [3.63, 3.8) is 0 Å². The third-order valence-electron chi connectivity index (χ3n) is 4.37. The number of aromatic nitrogens is 3. The van der Waals surface area contributed by atoms with Crippen LogP contribution in [0.5, 0.6) is 17.2 Å². The zero-order chi connectivity index (χ0) is 23.4. The Morgan fingerprint density at radius 3 is 2.19 bits per heavy atom. The number of rotatable bonds is 8. The highest BCUT2D eigenvalue weighted by Gasteiger charge is 2.19. The van der Waals surface area contributed by atoms with Crippen LogP contribution in [-0.2, 0) is 11.8 Å². The van der Waals surface area contributed by atoms with Crippen molar-refractivity contribution in [2.45, 2.75) is 5.16 Å². The first-order valence-corrected chi connectivity index (χ1v) is 11.2. The van der Waals surface area contributed by atoms with Crippen LogP contribution >= 0.6 is 46.6 Å². The van der Waals surface area contributed by atoms with E-state index in [4.69, 9.17) is 49.0 Å². The molecule has 0 unspecified atom stereocenters. The van der Waals surface area contributed by atoms with Crippen LogP contribution in [-0.4, -0.2) is 47.8 Å². The molecule has 0 saturated heterocycles. The summed E-state index contributed by atoms with van der Waals surface area (Å²) >= 11 is 19.2. The molecule has 1 amide bonds. The Kier molecular flexibility index (Phi) is 8.00. The number of thioether (sulfide) groups is 1. The second-order valence-electron chi connectivity index (χ2n) is 6.36. The number of hydrogen-bond donors (Lipinski definition) is 1. The van der Waals surface area contributed by atoms with Crippen molar-refractivity contribution < 1.29 is 19.0 Å². The minimum atomic E-state index is -0.285. The largest absolute Gasteiger partial charge is 0.493 e. The van der Waals surface area contributed by atoms with Gasteiger partial charge in [-0.25, -0.2) is 0 Å². The van der Waals surface area contributed by atoms with E-state index in [0.717, 1.165) is 0 Å². The lowest BCUT2D eigenvalue weighted by Gasteiger charge is -2.14. The maximum absolute atomic E-state index is 12.4. The number of methoxy groups -OCH3 is 3. The molecule has 3 aromatic rings. The van der Waals surface area contributed by atoms with Crippen LogP contribution in [0.25, 0.3) is 11.4 Å². The minimum absolute atomic E-state index is 0.0812. The first-order valence-electron chi connectivity index (χ1n) is 9.06. The van der Waals surface area contributed by atoms with Crippen molar-refractivity contribution in [3.8, 4) is 28.6 Å². The van der Waals surface area contributed by atoms with Gasteiger partial charge in [-0.1, -0.05) is 46.6 Å². The van der Waals surface area contributed by atoms with Gasteiger partial charge in [-0.15, -0.1) is 10.2 Å². The molecule has 0 aliphatic carbocycles. The summed E-state index contributed by atoms with van der Waals surface area (Å²) in [6.45, 7) is 0. The summed E-state index contributed by atoms with van der Waals surface area (Å²) in [5.41, 5.74) is 1.09. The molecule has 0 aliphatic heterocycles. The SMILES string of the molecule is COc1cc(-c2nnc(SCC(=O)Nc3cc(Cl)c(Cl)cc3Cl)n2C)cc(OC)c1OC. The molecule has 0 radical (unpaired) electrons. The molecule has 1 N–H and O–H groups in total. The second kappa shape index (κ2) is 10.5. The molecule has 0 saturated carbocycles. The topological polar surface area (TPSA) is 87.5 Å². The van der Waals surface area contributed by atoms with E-state index in [9.17, 15) is 4.79 Å². The van der Waals surface area contributed by atoms with Gasteiger partial charge in [0.05, 0.1) is 47.8 Å². The molecule has 0 atom stereocenters. The van der Waals surface area contributed by atoms with Gasteiger partial charge < -0.3 is 24.1 Å². The standard InChI is InChI=1S/C20H19Cl3N4O4S/c1-27-19(10-5-15(29-2)18(31-4)16(6-10)30-3)25-26-20(27)32-9-17(28)24-14-8-12(22)11(21)7-13(14)23/h5-8H,9H2,1-4H3,(H,24,28). The van der Waals surface area contributed by atoms with Gasteiger partial charge in [0.25, 0.3) is 0 Å². The van der Waals surface area contributed by atoms with Gasteiger partial charge >= 0.3 is 0 Å². The van der Waals surface area contributed by atoms with E-state index in [1.165, 1.54) is 45.2 Å². The number of ether oxygens (including phenoxy) is 3. The lowest BCUT2D eigenvalue weighted by atomic mass is 10.1. The average molecular weight is 518 g/mol. The monoisotopic (exact) mass is 516 g/mol. The number of anilines is 1. The van der Waals surface area contributed by atoms with Gasteiger partial charge in [-0.3, -0.25) is 4.79 Å². The lowest BCUT2D eigenvalue weighted by molar-refractivity contribution is -0.113. The molecule has 3 rings (SSSR count). The third-order valence-corrected chi connectivity index (χ3v) is 6.43. The van der Waals surface area contributed by atoms with Crippen LogP contribution in [0.1, 0.15) is 0 Å². The summed E-state index contributed by atoms with van der Waals surface area (Å²) in [5.74, 6) is 1.84. The maximum Gasteiger partial charge on any atom is 0.234 e. The maximum atomic E-state index is 12.4. The fraction of sp³-hybridized carbons (Fsp3) is 0.250. The fourth-order valence-corrected chi connectivity index (χ4v) is 4.14. The van der Waals surface area contributed by atoms with Crippen LogP contribution in [0.2, 0.25) is 15.1 Å². The molecular formula is C20H19Cl3N4O4S. The highest BCUT2D eigenvalue weighted by atomic mass is 35.5. The van der Waals surface area contributed by atoms with Crippen molar-refractivity contribution in [1.82, 2.24) is 14.8 Å². The highest BCUT2D eigenvalue weighted by Crippen LogP contribution is 2.41. The molecule has 12 heteroatoms. The Morgan fingerprint density at radius 2 is 1.59 bits per heavy atom. The number of hydrogen-bond acceptors (Lipinski definition) is 7. The second-order valence-corrected chi connectivity index (χ2v) is 8.53. The summed E-state index contributed by atoms with van der Waals surface area (Å²) in [4.78, 5) is 12.4. The van der Waals surface area contributed by atoms with E-state index in [1.807, 2.05) is 0 Å². The number of amides is 1. The van der Waals surface area contributed by atoms with Crippen LogP contribution in [0.4, 0.5) is 5.69 Å².